The van der Waals surface area contributed by atoms with Gasteiger partial charge in [0.25, 0.3) is 0 Å². The van der Waals surface area contributed by atoms with Crippen LogP contribution in [0, 0.1) is 11.3 Å². The van der Waals surface area contributed by atoms with E-state index in [9.17, 15) is 13.2 Å². The zero-order valence-corrected chi connectivity index (χ0v) is 12.3. The number of nitrogens with zero attached hydrogens (tertiary/aromatic N) is 2. The number of carbonyl (C=O) groups is 1. The quantitative estimate of drug-likeness (QED) is 0.662. The van der Waals surface area contributed by atoms with E-state index >= 15 is 0 Å². The first-order chi connectivity index (χ1) is 9.95. The first kappa shape index (κ1) is 17.1. The normalized spacial score (nSPS) is 11.0. The molecule has 0 saturated heterocycles. The van der Waals surface area contributed by atoms with Gasteiger partial charge in [-0.15, -0.1) is 0 Å². The van der Waals surface area contributed by atoms with Crippen LogP contribution in [0.3, 0.4) is 0 Å². The molecule has 0 bridgehead atoms. The lowest BCUT2D eigenvalue weighted by Crippen LogP contribution is -2.24. The van der Waals surface area contributed by atoms with Crippen molar-refractivity contribution >= 4 is 16.0 Å². The minimum absolute atomic E-state index is 0.0207. The highest BCUT2D eigenvalue weighted by atomic mass is 32.2. The minimum Gasteiger partial charge on any atom is -0.481 e. The fourth-order valence-corrected chi connectivity index (χ4v) is 2.67. The minimum atomic E-state index is -3.61. The number of rotatable bonds is 9. The third-order valence-electron chi connectivity index (χ3n) is 2.77. The molecule has 0 unspecified atom stereocenters. The Kier molecular flexibility index (Phi) is 6.78. The van der Waals surface area contributed by atoms with Crippen molar-refractivity contribution < 1.29 is 18.3 Å². The fourth-order valence-electron chi connectivity index (χ4n) is 1.65. The summed E-state index contributed by atoms with van der Waals surface area (Å²) in [4.78, 5) is 14.0. The van der Waals surface area contributed by atoms with E-state index in [1.54, 1.807) is 0 Å². The van der Waals surface area contributed by atoms with Crippen molar-refractivity contribution in [3.63, 3.8) is 0 Å². The molecule has 0 atom stereocenters. The van der Waals surface area contributed by atoms with E-state index in [-0.39, 0.29) is 23.6 Å². The summed E-state index contributed by atoms with van der Waals surface area (Å²) < 4.78 is 26.2. The SMILES string of the molecule is N#Cc1ccc(S(=O)(=O)NCCCCCCC(=O)O)cn1. The second-order valence-corrected chi connectivity index (χ2v) is 6.21. The van der Waals surface area contributed by atoms with Crippen molar-refractivity contribution in [2.45, 2.75) is 37.0 Å². The predicted octanol–water partition coefficient (Wildman–Crippen LogP) is 1.27. The molecule has 0 spiro atoms. The third-order valence-corrected chi connectivity index (χ3v) is 4.22. The highest BCUT2D eigenvalue weighted by molar-refractivity contribution is 7.89. The second-order valence-electron chi connectivity index (χ2n) is 4.45. The Bertz CT molecular complexity index is 605. The molecule has 0 amide bonds. The van der Waals surface area contributed by atoms with Crippen molar-refractivity contribution in [2.75, 3.05) is 6.54 Å². The van der Waals surface area contributed by atoms with Crippen LogP contribution in [0.1, 0.15) is 37.8 Å². The van der Waals surface area contributed by atoms with Crippen molar-refractivity contribution in [3.8, 4) is 6.07 Å². The Balaban J connectivity index is 2.33. The van der Waals surface area contributed by atoms with Gasteiger partial charge in [0.2, 0.25) is 10.0 Å². The Morgan fingerprint density at radius 2 is 2.00 bits per heavy atom. The predicted molar refractivity (Wildman–Crippen MR) is 74.9 cm³/mol. The van der Waals surface area contributed by atoms with Crippen LogP contribution in [0.2, 0.25) is 0 Å². The van der Waals surface area contributed by atoms with Gasteiger partial charge in [0.05, 0.1) is 0 Å². The Labute approximate surface area is 123 Å². The van der Waals surface area contributed by atoms with E-state index in [4.69, 9.17) is 10.4 Å². The monoisotopic (exact) mass is 311 g/mol. The lowest BCUT2D eigenvalue weighted by Gasteiger charge is -2.06. The molecule has 0 fully saturated rings. The van der Waals surface area contributed by atoms with Gasteiger partial charge in [-0.05, 0) is 25.0 Å². The zero-order chi connectivity index (χ0) is 15.7. The van der Waals surface area contributed by atoms with Gasteiger partial charge >= 0.3 is 5.97 Å². The highest BCUT2D eigenvalue weighted by Gasteiger charge is 2.13. The molecule has 21 heavy (non-hydrogen) atoms. The molecule has 0 aromatic carbocycles. The second kappa shape index (κ2) is 8.34. The summed E-state index contributed by atoms with van der Waals surface area (Å²) in [6.45, 7) is 0.287. The van der Waals surface area contributed by atoms with Crippen LogP contribution in [-0.2, 0) is 14.8 Å². The summed E-state index contributed by atoms with van der Waals surface area (Å²) in [5, 5.41) is 17.1. The maximum absolute atomic E-state index is 11.9. The largest absolute Gasteiger partial charge is 0.481 e. The number of nitrogens with one attached hydrogen (secondary N) is 1. The Hall–Kier alpha value is -1.98. The molecule has 8 heteroatoms. The lowest BCUT2D eigenvalue weighted by molar-refractivity contribution is -0.137. The Morgan fingerprint density at radius 3 is 2.57 bits per heavy atom. The van der Waals surface area contributed by atoms with Crippen molar-refractivity contribution in [1.29, 1.82) is 5.26 Å². The number of pyridine rings is 1. The van der Waals surface area contributed by atoms with Gasteiger partial charge in [-0.1, -0.05) is 12.8 Å². The topological polar surface area (TPSA) is 120 Å². The van der Waals surface area contributed by atoms with Gasteiger partial charge in [0.15, 0.2) is 0 Å². The molecule has 2 N–H and O–H groups in total. The van der Waals surface area contributed by atoms with Crippen LogP contribution in [0.5, 0.6) is 0 Å². The van der Waals surface area contributed by atoms with E-state index in [1.807, 2.05) is 6.07 Å². The van der Waals surface area contributed by atoms with Gasteiger partial charge in [-0.2, -0.15) is 5.26 Å². The number of sulfonamides is 1. The van der Waals surface area contributed by atoms with Gasteiger partial charge in [0.1, 0.15) is 16.7 Å². The number of aromatic nitrogens is 1. The number of carboxylic acids is 1. The lowest BCUT2D eigenvalue weighted by atomic mass is 10.1. The molecule has 1 rings (SSSR count). The fraction of sp³-hybridized carbons (Fsp3) is 0.462. The van der Waals surface area contributed by atoms with Crippen LogP contribution >= 0.6 is 0 Å². The van der Waals surface area contributed by atoms with Gasteiger partial charge in [-0.25, -0.2) is 18.1 Å². The van der Waals surface area contributed by atoms with Gasteiger partial charge < -0.3 is 5.11 Å². The molecule has 0 radical (unpaired) electrons. The zero-order valence-electron chi connectivity index (χ0n) is 11.4. The number of aliphatic carboxylic acids is 1. The molecular weight excluding hydrogens is 294 g/mol. The molecule has 0 aliphatic carbocycles. The summed E-state index contributed by atoms with van der Waals surface area (Å²) in [7, 11) is -3.61. The highest BCUT2D eigenvalue weighted by Crippen LogP contribution is 2.08. The number of carboxylic acid groups (broad SMARTS) is 1. The number of hydrogen-bond acceptors (Lipinski definition) is 5. The molecular formula is C13H17N3O4S. The summed E-state index contributed by atoms with van der Waals surface area (Å²) in [5.74, 6) is -0.816. The van der Waals surface area contributed by atoms with Crippen LogP contribution in [0.25, 0.3) is 0 Å². The van der Waals surface area contributed by atoms with Gasteiger partial charge in [-0.3, -0.25) is 4.79 Å². The van der Waals surface area contributed by atoms with Crippen molar-refractivity contribution in [3.05, 3.63) is 24.0 Å². The van der Waals surface area contributed by atoms with Crippen molar-refractivity contribution in [2.24, 2.45) is 0 Å². The maximum Gasteiger partial charge on any atom is 0.303 e. The molecule has 7 nitrogen and oxygen atoms in total. The van der Waals surface area contributed by atoms with E-state index in [0.717, 1.165) is 19.0 Å². The average molecular weight is 311 g/mol. The molecule has 1 aromatic rings. The smallest absolute Gasteiger partial charge is 0.303 e. The molecule has 0 saturated carbocycles. The maximum atomic E-state index is 11.9. The van der Waals surface area contributed by atoms with Crippen LogP contribution in [0.15, 0.2) is 23.2 Å². The molecule has 1 aromatic heterocycles. The Morgan fingerprint density at radius 1 is 1.29 bits per heavy atom. The summed E-state index contributed by atoms with van der Waals surface area (Å²) in [5.41, 5.74) is 0.160. The average Bonchev–Trinajstić information content (AvgIpc) is 2.46. The van der Waals surface area contributed by atoms with E-state index in [0.29, 0.717) is 12.8 Å². The molecule has 1 heterocycles. The molecule has 0 aliphatic heterocycles. The number of nitriles is 1. The number of unbranched alkanes of at least 4 members (excludes halogenated alkanes) is 3. The number of hydrogen-bond donors (Lipinski definition) is 2. The van der Waals surface area contributed by atoms with E-state index in [1.165, 1.54) is 12.1 Å². The first-order valence-electron chi connectivity index (χ1n) is 6.53. The van der Waals surface area contributed by atoms with Crippen LogP contribution in [0.4, 0.5) is 0 Å². The summed E-state index contributed by atoms with van der Waals surface area (Å²) >= 11 is 0. The molecule has 114 valence electrons. The summed E-state index contributed by atoms with van der Waals surface area (Å²) in [6.07, 6.45) is 4.05. The van der Waals surface area contributed by atoms with E-state index in [2.05, 4.69) is 9.71 Å². The first-order valence-corrected chi connectivity index (χ1v) is 8.01. The molecule has 0 aliphatic rings. The van der Waals surface area contributed by atoms with Crippen LogP contribution < -0.4 is 4.72 Å². The van der Waals surface area contributed by atoms with Crippen molar-refractivity contribution in [1.82, 2.24) is 9.71 Å². The third kappa shape index (κ3) is 6.33. The van der Waals surface area contributed by atoms with Gasteiger partial charge in [0, 0.05) is 19.2 Å². The van der Waals surface area contributed by atoms with Crippen LogP contribution in [-0.4, -0.2) is 31.0 Å². The standard InChI is InChI=1S/C13H17N3O4S/c14-9-11-6-7-12(10-15-11)21(19,20)16-8-4-2-1-3-5-13(17)18/h6-7,10,16H,1-5,8H2,(H,17,18). The summed E-state index contributed by atoms with van der Waals surface area (Å²) in [6, 6.07) is 4.50. The van der Waals surface area contributed by atoms with E-state index < -0.39 is 16.0 Å².